The lowest BCUT2D eigenvalue weighted by molar-refractivity contribution is -0.153. The Labute approximate surface area is 121 Å². The van der Waals surface area contributed by atoms with Crippen LogP contribution in [-0.2, 0) is 10.3 Å². The van der Waals surface area contributed by atoms with E-state index in [2.05, 4.69) is 31.5 Å². The van der Waals surface area contributed by atoms with Gasteiger partial charge < -0.3 is 5.11 Å². The summed E-state index contributed by atoms with van der Waals surface area (Å²) in [5, 5.41) is 20.8. The van der Waals surface area contributed by atoms with Crippen molar-refractivity contribution >= 4 is 21.9 Å². The van der Waals surface area contributed by atoms with Crippen molar-refractivity contribution in [1.82, 2.24) is 20.2 Å². The molecule has 1 aliphatic rings. The highest BCUT2D eigenvalue weighted by molar-refractivity contribution is 9.10. The van der Waals surface area contributed by atoms with Crippen molar-refractivity contribution in [2.24, 2.45) is 0 Å². The molecule has 0 radical (unpaired) electrons. The number of carboxylic acids is 1. The molecule has 2 aromatic rings. The van der Waals surface area contributed by atoms with Crippen LogP contribution in [0, 0.1) is 5.82 Å². The van der Waals surface area contributed by atoms with E-state index in [1.807, 2.05) is 0 Å². The van der Waals surface area contributed by atoms with E-state index < -0.39 is 17.3 Å². The highest BCUT2D eigenvalue weighted by atomic mass is 79.9. The van der Waals surface area contributed by atoms with Crippen LogP contribution in [0.5, 0.6) is 0 Å². The van der Waals surface area contributed by atoms with Crippen LogP contribution in [0.15, 0.2) is 22.7 Å². The maximum Gasteiger partial charge on any atom is 0.331 e. The van der Waals surface area contributed by atoms with Crippen LogP contribution < -0.4 is 0 Å². The van der Waals surface area contributed by atoms with E-state index in [1.165, 1.54) is 22.9 Å². The molecule has 0 atom stereocenters. The molecule has 0 spiro atoms. The van der Waals surface area contributed by atoms with E-state index >= 15 is 0 Å². The number of nitrogens with zero attached hydrogens (tertiary/aromatic N) is 4. The van der Waals surface area contributed by atoms with Crippen LogP contribution in [0.25, 0.3) is 11.4 Å². The standard InChI is InChI=1S/C12H10BrFN4O2/c13-9-6-7(14)2-3-8(9)10-15-16-17-18(10)12(11(19)20)4-1-5-12/h2-3,6H,1,4-5H2,(H,19,20). The molecule has 0 amide bonds. The lowest BCUT2D eigenvalue weighted by Crippen LogP contribution is -2.48. The smallest absolute Gasteiger partial charge is 0.331 e. The average molecular weight is 341 g/mol. The maximum atomic E-state index is 13.1. The average Bonchev–Trinajstić information content (AvgIpc) is 2.76. The normalized spacial score (nSPS) is 16.7. The van der Waals surface area contributed by atoms with Gasteiger partial charge in [-0.15, -0.1) is 5.10 Å². The Kier molecular flexibility index (Phi) is 3.04. The first-order valence-electron chi connectivity index (χ1n) is 6.02. The number of carbonyl (C=O) groups is 1. The summed E-state index contributed by atoms with van der Waals surface area (Å²) in [4.78, 5) is 11.5. The Balaban J connectivity index is 2.13. The van der Waals surface area contributed by atoms with Crippen molar-refractivity contribution in [3.63, 3.8) is 0 Å². The number of aliphatic carboxylic acids is 1. The van der Waals surface area contributed by atoms with Gasteiger partial charge in [0.1, 0.15) is 5.82 Å². The van der Waals surface area contributed by atoms with Crippen LogP contribution in [-0.4, -0.2) is 31.3 Å². The van der Waals surface area contributed by atoms with E-state index in [1.54, 1.807) is 0 Å². The van der Waals surface area contributed by atoms with Crippen molar-refractivity contribution in [2.75, 3.05) is 0 Å². The topological polar surface area (TPSA) is 80.9 Å². The summed E-state index contributed by atoms with van der Waals surface area (Å²) in [6, 6.07) is 4.10. The Morgan fingerprint density at radius 3 is 2.75 bits per heavy atom. The zero-order valence-electron chi connectivity index (χ0n) is 10.3. The van der Waals surface area contributed by atoms with Crippen molar-refractivity contribution in [3.05, 3.63) is 28.5 Å². The van der Waals surface area contributed by atoms with Gasteiger partial charge in [0.15, 0.2) is 11.4 Å². The molecule has 1 fully saturated rings. The molecule has 1 aromatic heterocycles. The Morgan fingerprint density at radius 1 is 1.45 bits per heavy atom. The van der Waals surface area contributed by atoms with Gasteiger partial charge in [0.05, 0.1) is 0 Å². The van der Waals surface area contributed by atoms with Crippen molar-refractivity contribution in [2.45, 2.75) is 24.8 Å². The number of carboxylic acid groups (broad SMARTS) is 1. The zero-order valence-corrected chi connectivity index (χ0v) is 11.8. The fraction of sp³-hybridized carbons (Fsp3) is 0.333. The van der Waals surface area contributed by atoms with Crippen molar-refractivity contribution < 1.29 is 14.3 Å². The lowest BCUT2D eigenvalue weighted by Gasteiger charge is -2.37. The Morgan fingerprint density at radius 2 is 2.20 bits per heavy atom. The van der Waals surface area contributed by atoms with E-state index in [9.17, 15) is 14.3 Å². The van der Waals surface area contributed by atoms with Gasteiger partial charge in [-0.25, -0.2) is 13.9 Å². The SMILES string of the molecule is O=C(O)C1(n2nnnc2-c2ccc(F)cc2Br)CCC1. The summed E-state index contributed by atoms with van der Waals surface area (Å²) in [5.74, 6) is -1.02. The first-order valence-corrected chi connectivity index (χ1v) is 6.81. The number of benzene rings is 1. The van der Waals surface area contributed by atoms with Crippen LogP contribution >= 0.6 is 15.9 Å². The van der Waals surface area contributed by atoms with Crippen molar-refractivity contribution in [3.8, 4) is 11.4 Å². The summed E-state index contributed by atoms with van der Waals surface area (Å²) in [6.45, 7) is 0. The van der Waals surface area contributed by atoms with Crippen LogP contribution in [0.1, 0.15) is 19.3 Å². The fourth-order valence-corrected chi connectivity index (χ4v) is 2.87. The number of halogens is 2. The summed E-state index contributed by atoms with van der Waals surface area (Å²) in [5.41, 5.74) is -0.531. The molecule has 0 bridgehead atoms. The second-order valence-electron chi connectivity index (χ2n) is 4.73. The first kappa shape index (κ1) is 13.2. The van der Waals surface area contributed by atoms with Gasteiger partial charge in [0, 0.05) is 10.0 Å². The van der Waals surface area contributed by atoms with E-state index in [-0.39, 0.29) is 0 Å². The zero-order chi connectivity index (χ0) is 14.3. The van der Waals surface area contributed by atoms with E-state index in [4.69, 9.17) is 0 Å². The monoisotopic (exact) mass is 340 g/mol. The molecule has 1 heterocycles. The highest BCUT2D eigenvalue weighted by Crippen LogP contribution is 2.41. The molecule has 0 saturated heterocycles. The van der Waals surface area contributed by atoms with E-state index in [0.717, 1.165) is 6.42 Å². The second-order valence-corrected chi connectivity index (χ2v) is 5.58. The molecule has 1 aromatic carbocycles. The molecule has 1 N–H and O–H groups in total. The fourth-order valence-electron chi connectivity index (χ4n) is 2.34. The van der Waals surface area contributed by atoms with Crippen LogP contribution in [0.4, 0.5) is 4.39 Å². The largest absolute Gasteiger partial charge is 0.479 e. The third-order valence-corrected chi connectivity index (χ3v) is 4.28. The molecule has 3 rings (SSSR count). The number of hydrogen-bond acceptors (Lipinski definition) is 4. The second kappa shape index (κ2) is 4.62. The van der Waals surface area contributed by atoms with Crippen LogP contribution in [0.3, 0.4) is 0 Å². The Bertz CT molecular complexity index is 684. The molecule has 0 aliphatic heterocycles. The minimum absolute atomic E-state index is 0.318. The number of hydrogen-bond donors (Lipinski definition) is 1. The minimum Gasteiger partial charge on any atom is -0.479 e. The lowest BCUT2D eigenvalue weighted by atomic mass is 9.76. The number of rotatable bonds is 3. The molecule has 20 heavy (non-hydrogen) atoms. The third kappa shape index (κ3) is 1.82. The summed E-state index contributed by atoms with van der Waals surface area (Å²) < 4.78 is 15.0. The molecule has 1 saturated carbocycles. The predicted molar refractivity (Wildman–Crippen MR) is 70.4 cm³/mol. The van der Waals surface area contributed by atoms with E-state index in [0.29, 0.717) is 28.7 Å². The van der Waals surface area contributed by atoms with Gasteiger partial charge in [-0.2, -0.15) is 0 Å². The highest BCUT2D eigenvalue weighted by Gasteiger charge is 2.49. The molecular formula is C12H10BrFN4O2. The van der Waals surface area contributed by atoms with Gasteiger partial charge in [0.2, 0.25) is 0 Å². The predicted octanol–water partition coefficient (Wildman–Crippen LogP) is 2.21. The summed E-state index contributed by atoms with van der Waals surface area (Å²) in [7, 11) is 0. The van der Waals surface area contributed by atoms with Gasteiger partial charge in [-0.3, -0.25) is 0 Å². The minimum atomic E-state index is -1.09. The molecule has 8 heteroatoms. The molecular weight excluding hydrogens is 331 g/mol. The summed E-state index contributed by atoms with van der Waals surface area (Å²) >= 11 is 3.25. The van der Waals surface area contributed by atoms with Gasteiger partial charge in [0.25, 0.3) is 0 Å². The molecule has 104 valence electrons. The van der Waals surface area contributed by atoms with Gasteiger partial charge >= 0.3 is 5.97 Å². The summed E-state index contributed by atoms with van der Waals surface area (Å²) in [6.07, 6.45) is 1.79. The first-order chi connectivity index (χ1) is 9.54. The molecule has 1 aliphatic carbocycles. The maximum absolute atomic E-state index is 13.1. The molecule has 0 unspecified atom stereocenters. The van der Waals surface area contributed by atoms with Gasteiger partial charge in [-0.05, 0) is 63.8 Å². The third-order valence-electron chi connectivity index (χ3n) is 3.63. The van der Waals surface area contributed by atoms with Crippen LogP contribution in [0.2, 0.25) is 0 Å². The quantitative estimate of drug-likeness (QED) is 0.926. The molecule has 6 nitrogen and oxygen atoms in total. The number of aromatic nitrogens is 4. The van der Waals surface area contributed by atoms with Gasteiger partial charge in [-0.1, -0.05) is 0 Å². The number of tetrazole rings is 1. The Hall–Kier alpha value is -1.83. The van der Waals surface area contributed by atoms with Crippen molar-refractivity contribution in [1.29, 1.82) is 0 Å².